The van der Waals surface area contributed by atoms with Gasteiger partial charge in [-0.05, 0) is 7.05 Å². The van der Waals surface area contributed by atoms with Crippen LogP contribution in [0.2, 0.25) is 0 Å². The monoisotopic (exact) mass is 241 g/mol. The summed E-state index contributed by atoms with van der Waals surface area (Å²) >= 11 is 0. The van der Waals surface area contributed by atoms with Gasteiger partial charge in [-0.25, -0.2) is 0 Å². The maximum absolute atomic E-state index is 12.4. The molecular formula is C9H18F3N3O. The summed E-state index contributed by atoms with van der Waals surface area (Å²) in [6.45, 7) is -0.775. The van der Waals surface area contributed by atoms with Crippen molar-refractivity contribution < 1.29 is 18.0 Å². The zero-order valence-electron chi connectivity index (χ0n) is 9.71. The van der Waals surface area contributed by atoms with Crippen molar-refractivity contribution in [3.63, 3.8) is 0 Å². The first-order valence-corrected chi connectivity index (χ1v) is 4.84. The van der Waals surface area contributed by atoms with E-state index in [0.717, 1.165) is 0 Å². The largest absolute Gasteiger partial charge is 0.394 e. The third kappa shape index (κ3) is 5.32. The molecule has 0 spiro atoms. The van der Waals surface area contributed by atoms with Crippen LogP contribution >= 0.6 is 0 Å². The fraction of sp³-hybridized carbons (Fsp3) is 0.889. The molecule has 1 unspecified atom stereocenters. The van der Waals surface area contributed by atoms with Crippen molar-refractivity contribution in [3.8, 4) is 0 Å². The third-order valence-electron chi connectivity index (χ3n) is 2.18. The van der Waals surface area contributed by atoms with Gasteiger partial charge < -0.3 is 10.6 Å². The summed E-state index contributed by atoms with van der Waals surface area (Å²) in [5.41, 5.74) is 5.06. The van der Waals surface area contributed by atoms with E-state index in [9.17, 15) is 18.0 Å². The Morgan fingerprint density at radius 3 is 2.12 bits per heavy atom. The maximum atomic E-state index is 12.4. The first kappa shape index (κ1) is 15.2. The number of carbonyl (C=O) groups is 1. The van der Waals surface area contributed by atoms with Gasteiger partial charge in [-0.3, -0.25) is 9.69 Å². The number of nitrogens with zero attached hydrogens (tertiary/aromatic N) is 2. The van der Waals surface area contributed by atoms with Crippen molar-refractivity contribution in [2.75, 3.05) is 40.8 Å². The first-order valence-electron chi connectivity index (χ1n) is 4.84. The quantitative estimate of drug-likeness (QED) is 0.745. The summed E-state index contributed by atoms with van der Waals surface area (Å²) in [5.74, 6) is -1.83. The number of carbonyl (C=O) groups excluding carboxylic acids is 1. The summed E-state index contributed by atoms with van der Waals surface area (Å²) in [6, 6.07) is 0. The molecule has 0 rings (SSSR count). The molecule has 1 atom stereocenters. The van der Waals surface area contributed by atoms with Crippen LogP contribution in [0.1, 0.15) is 0 Å². The minimum atomic E-state index is -4.32. The smallest absolute Gasteiger partial charge is 0.348 e. The molecule has 0 radical (unpaired) electrons. The molecule has 1 amide bonds. The van der Waals surface area contributed by atoms with Gasteiger partial charge in [0.15, 0.2) is 0 Å². The second kappa shape index (κ2) is 6.05. The van der Waals surface area contributed by atoms with Crippen molar-refractivity contribution in [3.05, 3.63) is 0 Å². The number of likely N-dealkylation sites (N-methyl/N-ethyl adjacent to an activating group) is 2. The van der Waals surface area contributed by atoms with Crippen molar-refractivity contribution in [2.45, 2.75) is 6.18 Å². The number of hydrogen-bond donors (Lipinski definition) is 1. The SMILES string of the molecule is CN(CC(=O)N(C)C)CC(CN)C(F)(F)F. The Balaban J connectivity index is 4.22. The number of nitrogens with two attached hydrogens (primary N) is 1. The van der Waals surface area contributed by atoms with Gasteiger partial charge >= 0.3 is 6.18 Å². The predicted molar refractivity (Wildman–Crippen MR) is 54.8 cm³/mol. The predicted octanol–water partition coefficient (Wildman–Crippen LogP) is 0.144. The standard InChI is InChI=1S/C9H18F3N3O/c1-14(2)8(16)6-15(3)5-7(4-13)9(10,11)12/h7H,4-6,13H2,1-3H3. The van der Waals surface area contributed by atoms with Crippen LogP contribution in [0.3, 0.4) is 0 Å². The molecule has 0 saturated carbocycles. The van der Waals surface area contributed by atoms with E-state index in [0.29, 0.717) is 0 Å². The van der Waals surface area contributed by atoms with Crippen LogP contribution in [-0.2, 0) is 4.79 Å². The lowest BCUT2D eigenvalue weighted by Crippen LogP contribution is -2.42. The minimum absolute atomic E-state index is 0.0421. The van der Waals surface area contributed by atoms with E-state index in [1.807, 2.05) is 0 Å². The molecule has 7 heteroatoms. The molecule has 0 aliphatic heterocycles. The van der Waals surface area contributed by atoms with Crippen molar-refractivity contribution >= 4 is 5.91 Å². The van der Waals surface area contributed by atoms with E-state index in [2.05, 4.69) is 0 Å². The Labute approximate surface area is 93.2 Å². The lowest BCUT2D eigenvalue weighted by molar-refractivity contribution is -0.176. The van der Waals surface area contributed by atoms with Crippen LogP contribution in [0.15, 0.2) is 0 Å². The summed E-state index contributed by atoms with van der Waals surface area (Å²) in [7, 11) is 4.58. The van der Waals surface area contributed by atoms with Gasteiger partial charge in [-0.15, -0.1) is 0 Å². The molecule has 0 aromatic carbocycles. The van der Waals surface area contributed by atoms with Gasteiger partial charge in [0.2, 0.25) is 5.91 Å². The van der Waals surface area contributed by atoms with Crippen molar-refractivity contribution in [1.82, 2.24) is 9.80 Å². The van der Waals surface area contributed by atoms with Gasteiger partial charge in [0, 0.05) is 27.2 Å². The van der Waals surface area contributed by atoms with E-state index >= 15 is 0 Å². The summed E-state index contributed by atoms with van der Waals surface area (Å²) < 4.78 is 37.1. The lowest BCUT2D eigenvalue weighted by Gasteiger charge is -2.25. The average Bonchev–Trinajstić information content (AvgIpc) is 2.11. The van der Waals surface area contributed by atoms with Crippen LogP contribution < -0.4 is 5.73 Å². The molecule has 0 aliphatic carbocycles. The first-order chi connectivity index (χ1) is 7.18. The van der Waals surface area contributed by atoms with E-state index in [1.54, 1.807) is 14.1 Å². The molecule has 2 N–H and O–H groups in total. The second-order valence-corrected chi connectivity index (χ2v) is 3.96. The second-order valence-electron chi connectivity index (χ2n) is 3.96. The van der Waals surface area contributed by atoms with Crippen LogP contribution in [0.5, 0.6) is 0 Å². The average molecular weight is 241 g/mol. The van der Waals surface area contributed by atoms with Gasteiger partial charge in [0.1, 0.15) is 0 Å². The molecule has 16 heavy (non-hydrogen) atoms. The van der Waals surface area contributed by atoms with E-state index in [4.69, 9.17) is 5.73 Å². The van der Waals surface area contributed by atoms with Gasteiger partial charge in [0.05, 0.1) is 12.5 Å². The maximum Gasteiger partial charge on any atom is 0.394 e. The van der Waals surface area contributed by atoms with E-state index < -0.39 is 18.6 Å². The Kier molecular flexibility index (Phi) is 5.74. The molecule has 0 saturated heterocycles. The van der Waals surface area contributed by atoms with Crippen LogP contribution in [0, 0.1) is 5.92 Å². The topological polar surface area (TPSA) is 49.6 Å². The number of alkyl halides is 3. The van der Waals surface area contributed by atoms with E-state index in [-0.39, 0.29) is 19.0 Å². The Bertz CT molecular complexity index is 231. The normalized spacial score (nSPS) is 14.0. The van der Waals surface area contributed by atoms with E-state index in [1.165, 1.54) is 16.8 Å². The van der Waals surface area contributed by atoms with Crippen molar-refractivity contribution in [2.24, 2.45) is 11.7 Å². The fourth-order valence-electron chi connectivity index (χ4n) is 1.12. The molecule has 0 heterocycles. The van der Waals surface area contributed by atoms with Crippen LogP contribution in [0.25, 0.3) is 0 Å². The highest BCUT2D eigenvalue weighted by Gasteiger charge is 2.39. The Morgan fingerprint density at radius 2 is 1.81 bits per heavy atom. The molecule has 0 aromatic heterocycles. The van der Waals surface area contributed by atoms with Crippen molar-refractivity contribution in [1.29, 1.82) is 0 Å². The highest BCUT2D eigenvalue weighted by molar-refractivity contribution is 5.77. The van der Waals surface area contributed by atoms with Crippen LogP contribution in [0.4, 0.5) is 13.2 Å². The Hall–Kier alpha value is -0.820. The summed E-state index contributed by atoms with van der Waals surface area (Å²) in [6.07, 6.45) is -4.32. The third-order valence-corrected chi connectivity index (χ3v) is 2.18. The number of halogens is 3. The highest BCUT2D eigenvalue weighted by Crippen LogP contribution is 2.25. The fourth-order valence-corrected chi connectivity index (χ4v) is 1.12. The minimum Gasteiger partial charge on any atom is -0.348 e. The summed E-state index contributed by atoms with van der Waals surface area (Å²) in [5, 5.41) is 0. The van der Waals surface area contributed by atoms with Gasteiger partial charge in [-0.1, -0.05) is 0 Å². The number of hydrogen-bond acceptors (Lipinski definition) is 3. The highest BCUT2D eigenvalue weighted by atomic mass is 19.4. The molecular weight excluding hydrogens is 223 g/mol. The molecule has 0 bridgehead atoms. The number of rotatable bonds is 5. The van der Waals surface area contributed by atoms with Crippen LogP contribution in [-0.4, -0.2) is 62.7 Å². The number of amides is 1. The summed E-state index contributed by atoms with van der Waals surface area (Å²) in [4.78, 5) is 13.9. The zero-order chi connectivity index (χ0) is 12.9. The molecule has 0 fully saturated rings. The lowest BCUT2D eigenvalue weighted by atomic mass is 10.1. The van der Waals surface area contributed by atoms with Gasteiger partial charge in [-0.2, -0.15) is 13.2 Å². The Morgan fingerprint density at radius 1 is 1.31 bits per heavy atom. The molecule has 0 aromatic rings. The molecule has 96 valence electrons. The molecule has 4 nitrogen and oxygen atoms in total. The zero-order valence-corrected chi connectivity index (χ0v) is 9.71. The van der Waals surface area contributed by atoms with Gasteiger partial charge in [0.25, 0.3) is 0 Å². The molecule has 0 aliphatic rings.